The number of rotatable bonds is 33. The van der Waals surface area contributed by atoms with Gasteiger partial charge >= 0.3 is 7.82 Å². The summed E-state index contributed by atoms with van der Waals surface area (Å²) < 4.78 is 21.9. The molecule has 8 nitrogen and oxygen atoms in total. The Balaban J connectivity index is 4.41. The Bertz CT molecular complexity index is 804. The van der Waals surface area contributed by atoms with E-state index in [9.17, 15) is 19.4 Å². The molecule has 0 heterocycles. The van der Waals surface area contributed by atoms with Crippen molar-refractivity contribution in [1.29, 1.82) is 0 Å². The molecule has 0 saturated heterocycles. The molecule has 0 spiro atoms. The number of phosphoric acid groups is 1. The molecule has 0 rings (SSSR count). The second-order valence-corrected chi connectivity index (χ2v) is 13.5. The van der Waals surface area contributed by atoms with Crippen LogP contribution in [0.3, 0.4) is 0 Å². The standard InChI is InChI=1S/C36H69N2O6P/c1-3-5-7-9-11-13-14-15-16-17-18-19-20-22-23-25-27-29-35(39)34(33-44-45(41,42)43-32-31-37)38-36(40)30-28-26-24-21-12-10-8-6-4-2/h16-17,20,22,27,29,34-35,39H,3-15,18-19,21,23-26,28,30-33,37H2,1-2H3,(H,38,40)(H,41,42)/b17-16+,22-20+,29-27+. The van der Waals surface area contributed by atoms with Gasteiger partial charge < -0.3 is 21.1 Å². The van der Waals surface area contributed by atoms with Crippen molar-refractivity contribution in [3.05, 3.63) is 36.5 Å². The Labute approximate surface area is 276 Å². The molecule has 0 radical (unpaired) electrons. The number of allylic oxidation sites excluding steroid dienone is 5. The van der Waals surface area contributed by atoms with Crippen LogP contribution in [0.1, 0.15) is 155 Å². The van der Waals surface area contributed by atoms with Crippen LogP contribution in [0.15, 0.2) is 36.5 Å². The summed E-state index contributed by atoms with van der Waals surface area (Å²) in [5.74, 6) is -0.214. The van der Waals surface area contributed by atoms with Gasteiger partial charge in [0.25, 0.3) is 0 Å². The van der Waals surface area contributed by atoms with Crippen LogP contribution in [0.5, 0.6) is 0 Å². The fraction of sp³-hybridized carbons (Fsp3) is 0.806. The Morgan fingerprint density at radius 2 is 1.18 bits per heavy atom. The first kappa shape index (κ1) is 43.7. The quantitative estimate of drug-likeness (QED) is 0.0315. The zero-order valence-electron chi connectivity index (χ0n) is 28.8. The molecule has 1 amide bonds. The van der Waals surface area contributed by atoms with E-state index in [2.05, 4.69) is 43.5 Å². The number of aliphatic hydroxyl groups is 1. The number of phosphoric ester groups is 1. The maximum Gasteiger partial charge on any atom is 0.472 e. The number of carbonyl (C=O) groups excluding carboxylic acids is 1. The second kappa shape index (κ2) is 32.7. The van der Waals surface area contributed by atoms with Gasteiger partial charge in [-0.1, -0.05) is 140 Å². The van der Waals surface area contributed by atoms with Gasteiger partial charge in [0, 0.05) is 13.0 Å². The van der Waals surface area contributed by atoms with E-state index >= 15 is 0 Å². The van der Waals surface area contributed by atoms with E-state index in [0.717, 1.165) is 44.9 Å². The number of carbonyl (C=O) groups is 1. The summed E-state index contributed by atoms with van der Waals surface area (Å²) in [4.78, 5) is 22.5. The molecular weight excluding hydrogens is 587 g/mol. The zero-order chi connectivity index (χ0) is 33.3. The minimum Gasteiger partial charge on any atom is -0.387 e. The number of hydrogen-bond acceptors (Lipinski definition) is 6. The zero-order valence-corrected chi connectivity index (χ0v) is 29.7. The summed E-state index contributed by atoms with van der Waals surface area (Å²) >= 11 is 0. The number of amides is 1. The summed E-state index contributed by atoms with van der Waals surface area (Å²) in [6.45, 7) is 4.05. The van der Waals surface area contributed by atoms with Gasteiger partial charge in [-0.3, -0.25) is 13.8 Å². The molecule has 3 unspecified atom stereocenters. The smallest absolute Gasteiger partial charge is 0.387 e. The lowest BCUT2D eigenvalue weighted by atomic mass is 10.1. The van der Waals surface area contributed by atoms with E-state index in [1.54, 1.807) is 6.08 Å². The minimum atomic E-state index is -4.34. The highest BCUT2D eigenvalue weighted by Crippen LogP contribution is 2.43. The molecule has 264 valence electrons. The molecule has 0 aromatic heterocycles. The van der Waals surface area contributed by atoms with Crippen molar-refractivity contribution in [2.24, 2.45) is 5.73 Å². The highest BCUT2D eigenvalue weighted by molar-refractivity contribution is 7.47. The second-order valence-electron chi connectivity index (χ2n) is 12.1. The Hall–Kier alpha value is -1.28. The lowest BCUT2D eigenvalue weighted by Gasteiger charge is -2.23. The summed E-state index contributed by atoms with van der Waals surface area (Å²) in [5.41, 5.74) is 5.34. The van der Waals surface area contributed by atoms with Crippen LogP contribution in [0.4, 0.5) is 0 Å². The SMILES string of the molecule is CCCCCCCCC/C=C/CC/C=C/CC/C=C/C(O)C(COP(=O)(O)OCCN)NC(=O)CCCCCCCCCCC. The van der Waals surface area contributed by atoms with Crippen LogP contribution >= 0.6 is 7.82 Å². The molecular formula is C36H69N2O6P. The molecule has 0 aromatic carbocycles. The third-order valence-electron chi connectivity index (χ3n) is 7.70. The Morgan fingerprint density at radius 1 is 0.711 bits per heavy atom. The first-order valence-corrected chi connectivity index (χ1v) is 19.6. The number of nitrogens with two attached hydrogens (primary N) is 1. The maximum absolute atomic E-state index is 12.6. The van der Waals surface area contributed by atoms with Crippen molar-refractivity contribution in [2.75, 3.05) is 19.8 Å². The molecule has 45 heavy (non-hydrogen) atoms. The van der Waals surface area contributed by atoms with Gasteiger partial charge in [0.1, 0.15) is 0 Å². The fourth-order valence-electron chi connectivity index (χ4n) is 4.93. The molecule has 0 fully saturated rings. The van der Waals surface area contributed by atoms with Crippen molar-refractivity contribution in [3.8, 4) is 0 Å². The predicted molar refractivity (Wildman–Crippen MR) is 189 cm³/mol. The molecule has 0 saturated carbocycles. The van der Waals surface area contributed by atoms with Gasteiger partial charge in [0.05, 0.1) is 25.4 Å². The van der Waals surface area contributed by atoms with E-state index < -0.39 is 20.0 Å². The summed E-state index contributed by atoms with van der Waals surface area (Å²) in [6, 6.07) is -0.877. The van der Waals surface area contributed by atoms with Gasteiger partial charge in [-0.25, -0.2) is 4.57 Å². The van der Waals surface area contributed by atoms with Crippen LogP contribution in [0.25, 0.3) is 0 Å². The van der Waals surface area contributed by atoms with Crippen molar-refractivity contribution in [3.63, 3.8) is 0 Å². The molecule has 0 bridgehead atoms. The lowest BCUT2D eigenvalue weighted by molar-refractivity contribution is -0.123. The molecule has 3 atom stereocenters. The van der Waals surface area contributed by atoms with Gasteiger partial charge in [-0.05, 0) is 44.9 Å². The average Bonchev–Trinajstić information content (AvgIpc) is 3.02. The Kier molecular flexibility index (Phi) is 31.7. The maximum atomic E-state index is 12.6. The number of aliphatic hydroxyl groups excluding tert-OH is 1. The molecule has 0 aliphatic rings. The molecule has 9 heteroatoms. The van der Waals surface area contributed by atoms with E-state index in [0.29, 0.717) is 6.42 Å². The highest BCUT2D eigenvalue weighted by atomic mass is 31.2. The first-order valence-electron chi connectivity index (χ1n) is 18.1. The normalized spacial score (nSPS) is 14.9. The highest BCUT2D eigenvalue weighted by Gasteiger charge is 2.26. The molecule has 5 N–H and O–H groups in total. The lowest BCUT2D eigenvalue weighted by Crippen LogP contribution is -2.45. The van der Waals surface area contributed by atoms with Crippen LogP contribution in [0, 0.1) is 0 Å². The van der Waals surface area contributed by atoms with E-state index in [1.807, 2.05) is 6.08 Å². The number of nitrogens with one attached hydrogen (secondary N) is 1. The predicted octanol–water partition coefficient (Wildman–Crippen LogP) is 9.22. The minimum absolute atomic E-state index is 0.0721. The largest absolute Gasteiger partial charge is 0.472 e. The number of unbranched alkanes of at least 4 members (excludes halogenated alkanes) is 17. The van der Waals surface area contributed by atoms with Crippen molar-refractivity contribution < 1.29 is 28.4 Å². The average molecular weight is 657 g/mol. The van der Waals surface area contributed by atoms with E-state index in [-0.39, 0.29) is 25.7 Å². The topological polar surface area (TPSA) is 131 Å². The van der Waals surface area contributed by atoms with Gasteiger partial charge in [-0.2, -0.15) is 0 Å². The van der Waals surface area contributed by atoms with E-state index in [1.165, 1.54) is 89.9 Å². The van der Waals surface area contributed by atoms with E-state index in [4.69, 9.17) is 14.8 Å². The monoisotopic (exact) mass is 656 g/mol. The first-order chi connectivity index (χ1) is 21.9. The summed E-state index contributed by atoms with van der Waals surface area (Å²) in [6.07, 6.45) is 36.2. The van der Waals surface area contributed by atoms with Gasteiger partial charge in [0.15, 0.2) is 0 Å². The number of hydrogen-bond donors (Lipinski definition) is 4. The van der Waals surface area contributed by atoms with Gasteiger partial charge in [0.2, 0.25) is 5.91 Å². The third-order valence-corrected chi connectivity index (χ3v) is 8.68. The molecule has 0 aliphatic carbocycles. The molecule has 0 aliphatic heterocycles. The summed E-state index contributed by atoms with van der Waals surface area (Å²) in [7, 11) is -4.34. The van der Waals surface area contributed by atoms with Gasteiger partial charge in [-0.15, -0.1) is 0 Å². The van der Waals surface area contributed by atoms with Crippen LogP contribution < -0.4 is 11.1 Å². The van der Waals surface area contributed by atoms with Crippen LogP contribution in [-0.2, 0) is 18.4 Å². The van der Waals surface area contributed by atoms with Crippen molar-refractivity contribution in [2.45, 2.75) is 167 Å². The Morgan fingerprint density at radius 3 is 1.71 bits per heavy atom. The summed E-state index contributed by atoms with van der Waals surface area (Å²) in [5, 5.41) is 13.5. The van der Waals surface area contributed by atoms with Crippen LogP contribution in [0.2, 0.25) is 0 Å². The van der Waals surface area contributed by atoms with Crippen molar-refractivity contribution >= 4 is 13.7 Å². The van der Waals surface area contributed by atoms with Crippen LogP contribution in [-0.4, -0.2) is 47.8 Å². The van der Waals surface area contributed by atoms with Crippen molar-refractivity contribution in [1.82, 2.24) is 5.32 Å². The fourth-order valence-corrected chi connectivity index (χ4v) is 5.69. The molecule has 0 aromatic rings. The third kappa shape index (κ3) is 31.1.